The van der Waals surface area contributed by atoms with Gasteiger partial charge in [-0.05, 0) is 44.4 Å². The van der Waals surface area contributed by atoms with Gasteiger partial charge < -0.3 is 4.74 Å². The molecule has 0 aromatic heterocycles. The first-order valence-corrected chi connectivity index (χ1v) is 10.7. The van der Waals surface area contributed by atoms with Crippen LogP contribution in [0.25, 0.3) is 0 Å². The molecule has 0 amide bonds. The standard InChI is InChI=1S/C21H22FNO5S/c1-14-9-10-16(15(2)12-14)19(24)13-28-21(25)18-7-5-11-23(18)29(26,27)20-8-4-3-6-17(20)22/h3-4,6,8-10,12,18H,5,7,11,13H2,1-2H3/t18-/m0/s1. The lowest BCUT2D eigenvalue weighted by molar-refractivity contribution is -0.146. The van der Waals surface area contributed by atoms with E-state index < -0.39 is 39.4 Å². The summed E-state index contributed by atoms with van der Waals surface area (Å²) in [4.78, 5) is 24.4. The van der Waals surface area contributed by atoms with Gasteiger partial charge in [0.15, 0.2) is 6.61 Å². The molecule has 6 nitrogen and oxygen atoms in total. The summed E-state index contributed by atoms with van der Waals surface area (Å²) in [5.41, 5.74) is 2.23. The Hall–Kier alpha value is -2.58. The molecule has 0 bridgehead atoms. The quantitative estimate of drug-likeness (QED) is 0.531. The zero-order chi connectivity index (χ0) is 21.2. The summed E-state index contributed by atoms with van der Waals surface area (Å²) in [5.74, 6) is -2.05. The van der Waals surface area contributed by atoms with Crippen molar-refractivity contribution < 1.29 is 27.1 Å². The molecule has 1 fully saturated rings. The maximum atomic E-state index is 14.0. The molecule has 154 valence electrons. The highest BCUT2D eigenvalue weighted by molar-refractivity contribution is 7.89. The number of hydrogen-bond acceptors (Lipinski definition) is 5. The number of sulfonamides is 1. The van der Waals surface area contributed by atoms with Crippen LogP contribution in [0.1, 0.15) is 34.3 Å². The van der Waals surface area contributed by atoms with Crippen LogP contribution >= 0.6 is 0 Å². The fourth-order valence-electron chi connectivity index (χ4n) is 3.48. The van der Waals surface area contributed by atoms with Gasteiger partial charge in [0, 0.05) is 12.1 Å². The molecule has 29 heavy (non-hydrogen) atoms. The average Bonchev–Trinajstić information content (AvgIpc) is 3.17. The first-order chi connectivity index (χ1) is 13.7. The van der Waals surface area contributed by atoms with E-state index in [-0.39, 0.29) is 18.7 Å². The van der Waals surface area contributed by atoms with Crippen LogP contribution in [0, 0.1) is 19.7 Å². The fourth-order valence-corrected chi connectivity index (χ4v) is 5.19. The number of benzene rings is 2. The SMILES string of the molecule is Cc1ccc(C(=O)COC(=O)[C@@H]2CCCN2S(=O)(=O)c2ccccc2F)c(C)c1. The Labute approximate surface area is 169 Å². The maximum Gasteiger partial charge on any atom is 0.324 e. The Balaban J connectivity index is 1.72. The first-order valence-electron chi connectivity index (χ1n) is 9.25. The van der Waals surface area contributed by atoms with Gasteiger partial charge in [0.25, 0.3) is 0 Å². The molecular formula is C21H22FNO5S. The highest BCUT2D eigenvalue weighted by Gasteiger charge is 2.41. The van der Waals surface area contributed by atoms with E-state index in [1.165, 1.54) is 12.1 Å². The van der Waals surface area contributed by atoms with E-state index in [4.69, 9.17) is 4.74 Å². The molecule has 1 aliphatic heterocycles. The van der Waals surface area contributed by atoms with Gasteiger partial charge in [0.2, 0.25) is 15.8 Å². The molecule has 0 spiro atoms. The zero-order valence-electron chi connectivity index (χ0n) is 16.2. The van der Waals surface area contributed by atoms with E-state index in [9.17, 15) is 22.4 Å². The first kappa shape index (κ1) is 21.1. The molecule has 1 atom stereocenters. The Bertz CT molecular complexity index is 1050. The Morgan fingerprint density at radius 3 is 2.59 bits per heavy atom. The van der Waals surface area contributed by atoms with E-state index in [1.807, 2.05) is 13.0 Å². The van der Waals surface area contributed by atoms with Crippen molar-refractivity contribution >= 4 is 21.8 Å². The van der Waals surface area contributed by atoms with Crippen molar-refractivity contribution in [1.82, 2.24) is 4.31 Å². The van der Waals surface area contributed by atoms with Crippen LogP contribution < -0.4 is 0 Å². The summed E-state index contributed by atoms with van der Waals surface area (Å²) in [6, 6.07) is 9.27. The predicted octanol–water partition coefficient (Wildman–Crippen LogP) is 3.02. The highest BCUT2D eigenvalue weighted by atomic mass is 32.2. The van der Waals surface area contributed by atoms with Crippen LogP contribution in [0.4, 0.5) is 4.39 Å². The molecule has 1 heterocycles. The van der Waals surface area contributed by atoms with E-state index >= 15 is 0 Å². The summed E-state index contributed by atoms with van der Waals surface area (Å²) >= 11 is 0. The third-order valence-corrected chi connectivity index (χ3v) is 6.87. The van der Waals surface area contributed by atoms with Crippen molar-refractivity contribution in [3.05, 3.63) is 65.0 Å². The maximum absolute atomic E-state index is 14.0. The van der Waals surface area contributed by atoms with E-state index in [0.29, 0.717) is 12.0 Å². The normalized spacial score (nSPS) is 17.3. The van der Waals surface area contributed by atoms with Crippen LogP contribution in [-0.2, 0) is 19.6 Å². The molecule has 0 radical (unpaired) electrons. The molecule has 0 unspecified atom stereocenters. The van der Waals surface area contributed by atoms with Crippen LogP contribution in [0.3, 0.4) is 0 Å². The molecular weight excluding hydrogens is 397 g/mol. The number of ether oxygens (including phenoxy) is 1. The van der Waals surface area contributed by atoms with Gasteiger partial charge in [-0.1, -0.05) is 35.9 Å². The van der Waals surface area contributed by atoms with Gasteiger partial charge in [-0.3, -0.25) is 9.59 Å². The summed E-state index contributed by atoms with van der Waals surface area (Å²) in [7, 11) is -4.19. The number of esters is 1. The average molecular weight is 419 g/mol. The number of nitrogens with zero attached hydrogens (tertiary/aromatic N) is 1. The lowest BCUT2D eigenvalue weighted by Gasteiger charge is -2.22. The third kappa shape index (κ3) is 4.38. The van der Waals surface area contributed by atoms with E-state index in [1.54, 1.807) is 19.1 Å². The molecule has 2 aromatic rings. The van der Waals surface area contributed by atoms with Crippen molar-refractivity contribution in [1.29, 1.82) is 0 Å². The molecule has 8 heteroatoms. The van der Waals surface area contributed by atoms with E-state index in [2.05, 4.69) is 0 Å². The monoisotopic (exact) mass is 419 g/mol. The Morgan fingerprint density at radius 2 is 1.90 bits per heavy atom. The molecule has 0 aliphatic carbocycles. The number of rotatable bonds is 6. The van der Waals surface area contributed by atoms with Gasteiger partial charge in [0.05, 0.1) is 0 Å². The lowest BCUT2D eigenvalue weighted by Crippen LogP contribution is -2.42. The number of halogens is 1. The van der Waals surface area contributed by atoms with Crippen LogP contribution in [0.15, 0.2) is 47.4 Å². The summed E-state index contributed by atoms with van der Waals surface area (Å²) < 4.78 is 45.7. The van der Waals surface area contributed by atoms with Crippen LogP contribution in [0.5, 0.6) is 0 Å². The number of ketones is 1. The van der Waals surface area contributed by atoms with Crippen molar-refractivity contribution in [2.75, 3.05) is 13.2 Å². The second-order valence-corrected chi connectivity index (χ2v) is 8.91. The van der Waals surface area contributed by atoms with Gasteiger partial charge in [0.1, 0.15) is 16.8 Å². The van der Waals surface area contributed by atoms with Crippen molar-refractivity contribution in [2.24, 2.45) is 0 Å². The van der Waals surface area contributed by atoms with Crippen molar-refractivity contribution in [2.45, 2.75) is 37.6 Å². The smallest absolute Gasteiger partial charge is 0.324 e. The summed E-state index contributed by atoms with van der Waals surface area (Å²) in [5, 5.41) is 0. The second kappa shape index (κ2) is 8.42. The van der Waals surface area contributed by atoms with Gasteiger partial charge in [-0.25, -0.2) is 12.8 Å². The largest absolute Gasteiger partial charge is 0.456 e. The minimum Gasteiger partial charge on any atom is -0.456 e. The number of Topliss-reactive ketones (excluding diaryl/α,β-unsaturated/α-hetero) is 1. The lowest BCUT2D eigenvalue weighted by atomic mass is 10.0. The summed E-state index contributed by atoms with van der Waals surface area (Å²) in [6.07, 6.45) is 0.697. The second-order valence-electron chi connectivity index (χ2n) is 7.05. The highest BCUT2D eigenvalue weighted by Crippen LogP contribution is 2.28. The zero-order valence-corrected chi connectivity index (χ0v) is 17.0. The molecule has 1 saturated heterocycles. The molecule has 0 N–H and O–H groups in total. The number of aryl methyl sites for hydroxylation is 2. The van der Waals surface area contributed by atoms with Gasteiger partial charge in [-0.2, -0.15) is 4.31 Å². The molecule has 3 rings (SSSR count). The Kier molecular flexibility index (Phi) is 6.14. The molecule has 2 aromatic carbocycles. The minimum atomic E-state index is -4.19. The van der Waals surface area contributed by atoms with Gasteiger partial charge >= 0.3 is 5.97 Å². The van der Waals surface area contributed by atoms with Crippen LogP contribution in [-0.4, -0.2) is 43.7 Å². The molecule has 1 aliphatic rings. The predicted molar refractivity (Wildman–Crippen MR) is 105 cm³/mol. The van der Waals surface area contributed by atoms with Crippen LogP contribution in [0.2, 0.25) is 0 Å². The number of hydrogen-bond donors (Lipinski definition) is 0. The number of carbonyl (C=O) groups excluding carboxylic acids is 2. The summed E-state index contributed by atoms with van der Waals surface area (Å²) in [6.45, 7) is 3.31. The number of carbonyl (C=O) groups is 2. The fraction of sp³-hybridized carbons (Fsp3) is 0.333. The van der Waals surface area contributed by atoms with Gasteiger partial charge in [-0.15, -0.1) is 0 Å². The van der Waals surface area contributed by atoms with E-state index in [0.717, 1.165) is 27.6 Å². The van der Waals surface area contributed by atoms with Crippen molar-refractivity contribution in [3.8, 4) is 0 Å². The van der Waals surface area contributed by atoms with Crippen molar-refractivity contribution in [3.63, 3.8) is 0 Å². The molecule has 0 saturated carbocycles. The topological polar surface area (TPSA) is 80.8 Å². The minimum absolute atomic E-state index is 0.0848. The Morgan fingerprint density at radius 1 is 1.17 bits per heavy atom. The third-order valence-electron chi connectivity index (χ3n) is 4.93.